The summed E-state index contributed by atoms with van der Waals surface area (Å²) in [5, 5.41) is 2.80. The second-order valence-electron chi connectivity index (χ2n) is 7.12. The molecule has 4 aromatic heterocycles. The molecular weight excluding hydrogens is 407 g/mol. The Balaban J connectivity index is 1.48. The van der Waals surface area contributed by atoms with E-state index >= 15 is 0 Å². The summed E-state index contributed by atoms with van der Waals surface area (Å²) in [5.41, 5.74) is 5.22. The predicted octanol–water partition coefficient (Wildman–Crippen LogP) is 4.40. The van der Waals surface area contributed by atoms with Crippen LogP contribution in [0.3, 0.4) is 0 Å². The number of nitrogens with one attached hydrogen (secondary N) is 2. The van der Waals surface area contributed by atoms with Gasteiger partial charge in [-0.15, -0.1) is 0 Å². The quantitative estimate of drug-likeness (QED) is 0.436. The average molecular weight is 424 g/mol. The molecule has 0 aliphatic carbocycles. The standard InChI is InChI=1S/C24H17FN6O/c25-17-6-4-15(5-7-17)13-20(32)30-19-14-16(8-10-27-19)22-21(18-3-1-2-9-26-18)23-24(31-22)29-12-11-28-23/h1-12,14H,13H2,(H,29,31)(H,27,30,32). The highest BCUT2D eigenvalue weighted by molar-refractivity contribution is 5.99. The minimum atomic E-state index is -0.338. The van der Waals surface area contributed by atoms with Crippen LogP contribution in [0, 0.1) is 5.82 Å². The topological polar surface area (TPSA) is 96.5 Å². The van der Waals surface area contributed by atoms with Gasteiger partial charge in [0.1, 0.15) is 17.2 Å². The highest BCUT2D eigenvalue weighted by atomic mass is 19.1. The van der Waals surface area contributed by atoms with Gasteiger partial charge in [-0.25, -0.2) is 14.4 Å². The first-order valence-electron chi connectivity index (χ1n) is 9.92. The fourth-order valence-corrected chi connectivity index (χ4v) is 3.52. The number of carbonyl (C=O) groups is 1. The molecule has 1 aromatic carbocycles. The van der Waals surface area contributed by atoms with Gasteiger partial charge in [-0.2, -0.15) is 0 Å². The van der Waals surface area contributed by atoms with Gasteiger partial charge >= 0.3 is 0 Å². The second-order valence-corrected chi connectivity index (χ2v) is 7.12. The number of aromatic nitrogens is 5. The highest BCUT2D eigenvalue weighted by Gasteiger charge is 2.18. The van der Waals surface area contributed by atoms with E-state index in [-0.39, 0.29) is 18.1 Å². The third kappa shape index (κ3) is 3.93. The molecule has 7 nitrogen and oxygen atoms in total. The molecule has 156 valence electrons. The Labute approximate surface area is 182 Å². The zero-order chi connectivity index (χ0) is 21.9. The number of benzene rings is 1. The molecule has 0 spiro atoms. The first kappa shape index (κ1) is 19.5. The fourth-order valence-electron chi connectivity index (χ4n) is 3.52. The number of anilines is 1. The maximum Gasteiger partial charge on any atom is 0.229 e. The molecular formula is C24H17FN6O. The van der Waals surface area contributed by atoms with Crippen molar-refractivity contribution >= 4 is 22.9 Å². The smallest absolute Gasteiger partial charge is 0.229 e. The van der Waals surface area contributed by atoms with Gasteiger partial charge in [-0.3, -0.25) is 14.8 Å². The van der Waals surface area contributed by atoms with E-state index in [1.807, 2.05) is 24.3 Å². The number of carbonyl (C=O) groups excluding carboxylic acids is 1. The van der Waals surface area contributed by atoms with Crippen LogP contribution in [-0.4, -0.2) is 30.8 Å². The summed E-state index contributed by atoms with van der Waals surface area (Å²) in [6.07, 6.45) is 6.73. The lowest BCUT2D eigenvalue weighted by molar-refractivity contribution is -0.115. The molecule has 0 saturated heterocycles. The number of amides is 1. The molecule has 0 atom stereocenters. The van der Waals surface area contributed by atoms with Gasteiger partial charge < -0.3 is 10.3 Å². The number of aromatic amines is 1. The van der Waals surface area contributed by atoms with Gasteiger partial charge in [0.25, 0.3) is 0 Å². The van der Waals surface area contributed by atoms with Crippen molar-refractivity contribution in [3.63, 3.8) is 0 Å². The molecule has 1 amide bonds. The fraction of sp³-hybridized carbons (Fsp3) is 0.0417. The van der Waals surface area contributed by atoms with E-state index in [1.54, 1.807) is 43.0 Å². The van der Waals surface area contributed by atoms with Crippen LogP contribution < -0.4 is 5.32 Å². The van der Waals surface area contributed by atoms with Crippen LogP contribution in [0.4, 0.5) is 10.2 Å². The SMILES string of the molecule is O=C(Cc1ccc(F)cc1)Nc1cc(-c2[nH]c3nccnc3c2-c2ccccn2)ccn1. The first-order valence-corrected chi connectivity index (χ1v) is 9.92. The molecule has 2 N–H and O–H groups in total. The molecule has 4 heterocycles. The Morgan fingerprint density at radius 3 is 2.56 bits per heavy atom. The van der Waals surface area contributed by atoms with Gasteiger partial charge in [0, 0.05) is 30.4 Å². The summed E-state index contributed by atoms with van der Waals surface area (Å²) in [6.45, 7) is 0. The Morgan fingerprint density at radius 1 is 0.906 bits per heavy atom. The van der Waals surface area contributed by atoms with Crippen LogP contribution in [0.15, 0.2) is 79.4 Å². The molecule has 0 fully saturated rings. The number of pyridine rings is 2. The molecule has 0 radical (unpaired) electrons. The zero-order valence-electron chi connectivity index (χ0n) is 16.8. The summed E-state index contributed by atoms with van der Waals surface area (Å²) in [4.78, 5) is 33.4. The van der Waals surface area contributed by atoms with Crippen LogP contribution in [0.1, 0.15) is 5.56 Å². The third-order valence-electron chi connectivity index (χ3n) is 4.94. The Hall–Kier alpha value is -4.46. The van der Waals surface area contributed by atoms with Crippen LogP contribution in [0.5, 0.6) is 0 Å². The van der Waals surface area contributed by atoms with Gasteiger partial charge in [0.05, 0.1) is 23.4 Å². The molecule has 8 heteroatoms. The number of hydrogen-bond acceptors (Lipinski definition) is 5. The zero-order valence-corrected chi connectivity index (χ0v) is 16.8. The largest absolute Gasteiger partial charge is 0.337 e. The Morgan fingerprint density at radius 2 is 1.75 bits per heavy atom. The van der Waals surface area contributed by atoms with Gasteiger partial charge in [-0.05, 0) is 42.0 Å². The molecule has 32 heavy (non-hydrogen) atoms. The Kier molecular flexibility index (Phi) is 5.09. The molecule has 0 aliphatic rings. The number of H-pyrrole nitrogens is 1. The highest BCUT2D eigenvalue weighted by Crippen LogP contribution is 2.36. The van der Waals surface area contributed by atoms with Gasteiger partial charge in [0.2, 0.25) is 5.91 Å². The number of nitrogens with zero attached hydrogens (tertiary/aromatic N) is 4. The minimum Gasteiger partial charge on any atom is -0.337 e. The maximum atomic E-state index is 13.1. The molecule has 0 saturated carbocycles. The lowest BCUT2D eigenvalue weighted by atomic mass is 10.1. The van der Waals surface area contributed by atoms with Crippen LogP contribution in [0.25, 0.3) is 33.7 Å². The van der Waals surface area contributed by atoms with E-state index < -0.39 is 0 Å². The maximum absolute atomic E-state index is 13.1. The van der Waals surface area contributed by atoms with Crippen molar-refractivity contribution in [2.24, 2.45) is 0 Å². The van der Waals surface area contributed by atoms with Crippen LogP contribution in [-0.2, 0) is 11.2 Å². The molecule has 5 rings (SSSR count). The summed E-state index contributed by atoms with van der Waals surface area (Å²) in [7, 11) is 0. The summed E-state index contributed by atoms with van der Waals surface area (Å²) in [5.74, 6) is -0.179. The van der Waals surface area contributed by atoms with E-state index in [1.165, 1.54) is 12.1 Å². The molecule has 0 unspecified atom stereocenters. The number of halogens is 1. The lowest BCUT2D eigenvalue weighted by Gasteiger charge is -2.08. The lowest BCUT2D eigenvalue weighted by Crippen LogP contribution is -2.15. The minimum absolute atomic E-state index is 0.117. The summed E-state index contributed by atoms with van der Waals surface area (Å²) < 4.78 is 13.1. The second kappa shape index (κ2) is 8.35. The van der Waals surface area contributed by atoms with Crippen LogP contribution >= 0.6 is 0 Å². The van der Waals surface area contributed by atoms with Crippen molar-refractivity contribution in [3.05, 3.63) is 90.8 Å². The van der Waals surface area contributed by atoms with E-state index in [0.29, 0.717) is 22.5 Å². The van der Waals surface area contributed by atoms with Crippen molar-refractivity contribution in [2.45, 2.75) is 6.42 Å². The summed E-state index contributed by atoms with van der Waals surface area (Å²) in [6, 6.07) is 15.1. The normalized spacial score (nSPS) is 10.9. The van der Waals surface area contributed by atoms with Crippen molar-refractivity contribution in [1.82, 2.24) is 24.9 Å². The van der Waals surface area contributed by atoms with E-state index in [9.17, 15) is 9.18 Å². The average Bonchev–Trinajstić information content (AvgIpc) is 3.21. The van der Waals surface area contributed by atoms with Gasteiger partial charge in [0.15, 0.2) is 5.65 Å². The van der Waals surface area contributed by atoms with Crippen LogP contribution in [0.2, 0.25) is 0 Å². The van der Waals surface area contributed by atoms with E-state index in [0.717, 1.165) is 22.5 Å². The molecule has 0 aliphatic heterocycles. The summed E-state index contributed by atoms with van der Waals surface area (Å²) >= 11 is 0. The van der Waals surface area contributed by atoms with E-state index in [4.69, 9.17) is 0 Å². The van der Waals surface area contributed by atoms with Crippen molar-refractivity contribution in [3.8, 4) is 22.5 Å². The van der Waals surface area contributed by atoms with Gasteiger partial charge in [-0.1, -0.05) is 18.2 Å². The van der Waals surface area contributed by atoms with E-state index in [2.05, 4.69) is 30.2 Å². The monoisotopic (exact) mass is 424 g/mol. The van der Waals surface area contributed by atoms with Crippen molar-refractivity contribution < 1.29 is 9.18 Å². The third-order valence-corrected chi connectivity index (χ3v) is 4.94. The first-order chi connectivity index (χ1) is 15.7. The Bertz CT molecular complexity index is 1400. The van der Waals surface area contributed by atoms with Crippen molar-refractivity contribution in [1.29, 1.82) is 0 Å². The molecule has 0 bridgehead atoms. The predicted molar refractivity (Wildman–Crippen MR) is 119 cm³/mol. The number of fused-ring (bicyclic) bond motifs is 1. The molecule has 5 aromatic rings. The number of hydrogen-bond donors (Lipinski definition) is 2. The number of rotatable bonds is 5. The van der Waals surface area contributed by atoms with Crippen molar-refractivity contribution in [2.75, 3.05) is 5.32 Å².